The summed E-state index contributed by atoms with van der Waals surface area (Å²) in [6.45, 7) is 1.40. The molecule has 0 atom stereocenters. The molecule has 0 fully saturated rings. The zero-order valence-corrected chi connectivity index (χ0v) is 12.6. The summed E-state index contributed by atoms with van der Waals surface area (Å²) in [5, 5.41) is 11.6. The van der Waals surface area contributed by atoms with Gasteiger partial charge in [-0.25, -0.2) is 0 Å². The van der Waals surface area contributed by atoms with Gasteiger partial charge in [-0.2, -0.15) is 0 Å². The van der Waals surface area contributed by atoms with Crippen molar-refractivity contribution >= 4 is 33.5 Å². The smallest absolute Gasteiger partial charge is 0.304 e. The maximum Gasteiger partial charge on any atom is 0.304 e. The molecule has 0 saturated heterocycles. The SMILES string of the molecule is COc1ccc(N(C)c2sc(C(C)=O)cc2[N+](=O)[O-])cc1. The van der Waals surface area contributed by atoms with Gasteiger partial charge in [-0.05, 0) is 31.2 Å². The molecule has 0 bridgehead atoms. The van der Waals surface area contributed by atoms with Crippen LogP contribution in [0.2, 0.25) is 0 Å². The summed E-state index contributed by atoms with van der Waals surface area (Å²) in [5.74, 6) is 0.523. The van der Waals surface area contributed by atoms with Gasteiger partial charge < -0.3 is 9.64 Å². The molecule has 2 aromatic rings. The Morgan fingerprint density at radius 1 is 1.33 bits per heavy atom. The molecule has 0 amide bonds. The summed E-state index contributed by atoms with van der Waals surface area (Å²) in [4.78, 5) is 24.2. The first-order valence-corrected chi connectivity index (χ1v) is 6.92. The normalized spacial score (nSPS) is 10.2. The van der Waals surface area contributed by atoms with Crippen LogP contribution in [0.5, 0.6) is 5.75 Å². The average Bonchev–Trinajstić information content (AvgIpc) is 2.92. The van der Waals surface area contributed by atoms with E-state index >= 15 is 0 Å². The van der Waals surface area contributed by atoms with E-state index in [-0.39, 0.29) is 11.5 Å². The lowest BCUT2D eigenvalue weighted by molar-refractivity contribution is -0.383. The predicted octanol–water partition coefficient (Wildman–Crippen LogP) is 3.64. The number of methoxy groups -OCH3 is 1. The van der Waals surface area contributed by atoms with Gasteiger partial charge in [0, 0.05) is 18.8 Å². The average molecular weight is 306 g/mol. The van der Waals surface area contributed by atoms with Crippen molar-refractivity contribution in [2.24, 2.45) is 0 Å². The van der Waals surface area contributed by atoms with Crippen LogP contribution >= 0.6 is 11.3 Å². The molecule has 0 aliphatic heterocycles. The lowest BCUT2D eigenvalue weighted by atomic mass is 10.2. The number of hydrogen-bond acceptors (Lipinski definition) is 6. The number of anilines is 2. The summed E-state index contributed by atoms with van der Waals surface area (Å²) in [5.41, 5.74) is 0.708. The largest absolute Gasteiger partial charge is 0.497 e. The number of benzene rings is 1. The van der Waals surface area contributed by atoms with Crippen molar-refractivity contribution in [2.75, 3.05) is 19.1 Å². The van der Waals surface area contributed by atoms with E-state index in [2.05, 4.69) is 0 Å². The number of hydrogen-bond donors (Lipinski definition) is 0. The summed E-state index contributed by atoms with van der Waals surface area (Å²) >= 11 is 1.11. The van der Waals surface area contributed by atoms with Crippen LogP contribution in [-0.4, -0.2) is 24.9 Å². The molecule has 0 aliphatic carbocycles. The predicted molar refractivity (Wildman–Crippen MR) is 82.0 cm³/mol. The highest BCUT2D eigenvalue weighted by Crippen LogP contribution is 2.40. The highest BCUT2D eigenvalue weighted by Gasteiger charge is 2.24. The second-order valence-corrected chi connectivity index (χ2v) is 5.40. The molecule has 0 unspecified atom stereocenters. The van der Waals surface area contributed by atoms with E-state index in [9.17, 15) is 14.9 Å². The zero-order valence-electron chi connectivity index (χ0n) is 11.8. The van der Waals surface area contributed by atoms with Gasteiger partial charge >= 0.3 is 5.69 Å². The minimum atomic E-state index is -0.474. The van der Waals surface area contributed by atoms with E-state index in [1.54, 1.807) is 43.3 Å². The van der Waals surface area contributed by atoms with Gasteiger partial charge in [-0.15, -0.1) is 11.3 Å². The Labute approximate surface area is 125 Å². The zero-order chi connectivity index (χ0) is 15.6. The molecule has 1 heterocycles. The number of carbonyl (C=O) groups is 1. The Kier molecular flexibility index (Phi) is 4.23. The molecule has 1 aromatic heterocycles. The maximum absolute atomic E-state index is 11.4. The second kappa shape index (κ2) is 5.92. The third kappa shape index (κ3) is 3.03. The van der Waals surface area contributed by atoms with E-state index in [1.807, 2.05) is 0 Å². The lowest BCUT2D eigenvalue weighted by Gasteiger charge is -2.17. The molecule has 2 rings (SSSR count). The fourth-order valence-electron chi connectivity index (χ4n) is 1.84. The third-order valence-electron chi connectivity index (χ3n) is 3.00. The van der Waals surface area contributed by atoms with Crippen LogP contribution in [0.1, 0.15) is 16.6 Å². The molecule has 0 N–H and O–H groups in total. The highest BCUT2D eigenvalue weighted by molar-refractivity contribution is 7.18. The maximum atomic E-state index is 11.4. The molecule has 0 radical (unpaired) electrons. The molecular formula is C14H14N2O4S. The number of Topliss-reactive ketones (excluding diaryl/α,β-unsaturated/α-hetero) is 1. The number of nitro groups is 1. The third-order valence-corrected chi connectivity index (χ3v) is 4.30. The first-order chi connectivity index (χ1) is 9.93. The van der Waals surface area contributed by atoms with Crippen LogP contribution in [0, 0.1) is 10.1 Å². The number of carbonyl (C=O) groups excluding carboxylic acids is 1. The van der Waals surface area contributed by atoms with Gasteiger partial charge in [0.1, 0.15) is 5.75 Å². The van der Waals surface area contributed by atoms with Gasteiger partial charge in [-0.1, -0.05) is 0 Å². The van der Waals surface area contributed by atoms with Crippen molar-refractivity contribution < 1.29 is 14.5 Å². The van der Waals surface area contributed by atoms with E-state index in [4.69, 9.17) is 4.74 Å². The van der Waals surface area contributed by atoms with E-state index in [1.165, 1.54) is 13.0 Å². The Hall–Kier alpha value is -2.41. The summed E-state index contributed by atoms with van der Waals surface area (Å²) < 4.78 is 5.08. The Balaban J connectivity index is 2.43. The molecule has 0 aliphatic rings. The second-order valence-electron chi connectivity index (χ2n) is 4.37. The van der Waals surface area contributed by atoms with Crippen LogP contribution in [0.15, 0.2) is 30.3 Å². The quantitative estimate of drug-likeness (QED) is 0.479. The van der Waals surface area contributed by atoms with Crippen molar-refractivity contribution in [3.63, 3.8) is 0 Å². The number of thiophene rings is 1. The molecule has 7 heteroatoms. The van der Waals surface area contributed by atoms with Crippen LogP contribution in [0.3, 0.4) is 0 Å². The lowest BCUT2D eigenvalue weighted by Crippen LogP contribution is -2.09. The van der Waals surface area contributed by atoms with E-state index < -0.39 is 4.92 Å². The minimum Gasteiger partial charge on any atom is -0.497 e. The van der Waals surface area contributed by atoms with Crippen LogP contribution in [0.25, 0.3) is 0 Å². The van der Waals surface area contributed by atoms with Crippen molar-refractivity contribution in [3.8, 4) is 5.75 Å². The van der Waals surface area contributed by atoms with Gasteiger partial charge in [0.25, 0.3) is 0 Å². The van der Waals surface area contributed by atoms with E-state index in [0.717, 1.165) is 17.0 Å². The van der Waals surface area contributed by atoms with Crippen molar-refractivity contribution in [1.82, 2.24) is 0 Å². The Morgan fingerprint density at radius 2 is 1.95 bits per heavy atom. The van der Waals surface area contributed by atoms with Crippen LogP contribution in [-0.2, 0) is 0 Å². The van der Waals surface area contributed by atoms with Crippen LogP contribution < -0.4 is 9.64 Å². The molecule has 0 saturated carbocycles. The van der Waals surface area contributed by atoms with Crippen LogP contribution in [0.4, 0.5) is 16.4 Å². The summed E-state index contributed by atoms with van der Waals surface area (Å²) in [7, 11) is 3.30. The fourth-order valence-corrected chi connectivity index (χ4v) is 2.84. The van der Waals surface area contributed by atoms with Crippen molar-refractivity contribution in [1.29, 1.82) is 0 Å². The van der Waals surface area contributed by atoms with Gasteiger partial charge in [0.15, 0.2) is 10.8 Å². The van der Waals surface area contributed by atoms with Crippen molar-refractivity contribution in [2.45, 2.75) is 6.92 Å². The molecule has 1 aromatic carbocycles. The van der Waals surface area contributed by atoms with Gasteiger partial charge in [0.05, 0.1) is 16.9 Å². The molecule has 0 spiro atoms. The van der Waals surface area contributed by atoms with E-state index in [0.29, 0.717) is 15.6 Å². The molecule has 21 heavy (non-hydrogen) atoms. The number of rotatable bonds is 5. The van der Waals surface area contributed by atoms with Crippen molar-refractivity contribution in [3.05, 3.63) is 45.3 Å². The highest BCUT2D eigenvalue weighted by atomic mass is 32.1. The monoisotopic (exact) mass is 306 g/mol. The standard InChI is InChI=1S/C14H14N2O4S/c1-9(17)13-8-12(16(18)19)14(21-13)15(2)10-4-6-11(20-3)7-5-10/h4-8H,1-3H3. The summed E-state index contributed by atoms with van der Waals surface area (Å²) in [6, 6.07) is 8.47. The van der Waals surface area contributed by atoms with Gasteiger partial charge in [0.2, 0.25) is 0 Å². The summed E-state index contributed by atoms with van der Waals surface area (Å²) in [6.07, 6.45) is 0. The number of ether oxygens (including phenoxy) is 1. The fraction of sp³-hybridized carbons (Fsp3) is 0.214. The van der Waals surface area contributed by atoms with Gasteiger partial charge in [-0.3, -0.25) is 14.9 Å². The first-order valence-electron chi connectivity index (χ1n) is 6.11. The Bertz CT molecular complexity index is 679. The number of ketones is 1. The molecule has 110 valence electrons. The Morgan fingerprint density at radius 3 is 2.43 bits per heavy atom. The minimum absolute atomic E-state index is 0.0662. The molecular weight excluding hydrogens is 292 g/mol. The topological polar surface area (TPSA) is 72.7 Å². The number of nitrogens with zero attached hydrogens (tertiary/aromatic N) is 2. The first kappa shape index (κ1) is 15.0. The molecule has 6 nitrogen and oxygen atoms in total.